The number of hydrazine groups is 1. The first-order valence-electron chi connectivity index (χ1n) is 5.98. The van der Waals surface area contributed by atoms with Crippen molar-refractivity contribution in [1.82, 2.24) is 21.2 Å². The molecule has 108 valence electrons. The minimum absolute atomic E-state index is 0.0993. The van der Waals surface area contributed by atoms with Crippen LogP contribution in [0.15, 0.2) is 47.3 Å². The van der Waals surface area contributed by atoms with Crippen LogP contribution in [0.5, 0.6) is 0 Å². The normalized spacial score (nSPS) is 9.71. The average molecular weight is 288 g/mol. The van der Waals surface area contributed by atoms with Gasteiger partial charge in [0, 0.05) is 12.4 Å². The van der Waals surface area contributed by atoms with Gasteiger partial charge in [0.05, 0.1) is 18.4 Å². The second-order valence-electron chi connectivity index (χ2n) is 3.90. The maximum Gasteiger partial charge on any atom is 0.287 e. The molecule has 2 rings (SSSR count). The molecule has 3 N–H and O–H groups in total. The Kier molecular flexibility index (Phi) is 4.65. The second-order valence-corrected chi connectivity index (χ2v) is 3.90. The summed E-state index contributed by atoms with van der Waals surface area (Å²) < 4.78 is 4.86. The standard InChI is InChI=1S/C13H12N4O4/c18-11(8-15-13(20)10-4-2-6-21-10)16-17-12(19)9-3-1-5-14-7-9/h1-7H,8H2,(H,15,20)(H,16,18)(H,17,19). The number of hydrogen-bond donors (Lipinski definition) is 3. The molecule has 2 aromatic heterocycles. The topological polar surface area (TPSA) is 113 Å². The highest BCUT2D eigenvalue weighted by atomic mass is 16.3. The Morgan fingerprint density at radius 2 is 1.95 bits per heavy atom. The Morgan fingerprint density at radius 1 is 1.10 bits per heavy atom. The molecule has 8 nitrogen and oxygen atoms in total. The predicted molar refractivity (Wildman–Crippen MR) is 70.9 cm³/mol. The van der Waals surface area contributed by atoms with E-state index in [1.54, 1.807) is 18.2 Å². The van der Waals surface area contributed by atoms with E-state index in [1.807, 2.05) is 0 Å². The molecule has 0 aliphatic heterocycles. The van der Waals surface area contributed by atoms with Crippen LogP contribution in [0.1, 0.15) is 20.9 Å². The maximum absolute atomic E-state index is 11.6. The van der Waals surface area contributed by atoms with Gasteiger partial charge >= 0.3 is 0 Å². The molecule has 0 spiro atoms. The predicted octanol–water partition coefficient (Wildman–Crippen LogP) is -0.134. The molecule has 2 aromatic rings. The van der Waals surface area contributed by atoms with E-state index in [1.165, 1.54) is 24.7 Å². The van der Waals surface area contributed by atoms with Crippen molar-refractivity contribution in [3.05, 3.63) is 54.2 Å². The van der Waals surface area contributed by atoms with Gasteiger partial charge in [-0.15, -0.1) is 0 Å². The number of carbonyl (C=O) groups excluding carboxylic acids is 3. The summed E-state index contributed by atoms with van der Waals surface area (Å²) in [4.78, 5) is 38.3. The third kappa shape index (κ3) is 4.16. The first-order valence-corrected chi connectivity index (χ1v) is 5.98. The zero-order chi connectivity index (χ0) is 15.1. The molecule has 0 radical (unpaired) electrons. The van der Waals surface area contributed by atoms with Gasteiger partial charge in [-0.05, 0) is 24.3 Å². The van der Waals surface area contributed by atoms with E-state index in [-0.39, 0.29) is 12.3 Å². The number of aromatic nitrogens is 1. The molecule has 0 bridgehead atoms. The molecule has 3 amide bonds. The van der Waals surface area contributed by atoms with Crippen LogP contribution in [-0.4, -0.2) is 29.3 Å². The van der Waals surface area contributed by atoms with E-state index in [0.717, 1.165) is 0 Å². The largest absolute Gasteiger partial charge is 0.459 e. The smallest absolute Gasteiger partial charge is 0.287 e. The molecule has 0 atom stereocenters. The molecule has 0 saturated carbocycles. The van der Waals surface area contributed by atoms with Crippen molar-refractivity contribution >= 4 is 17.7 Å². The second kappa shape index (κ2) is 6.85. The fraction of sp³-hybridized carbons (Fsp3) is 0.0769. The van der Waals surface area contributed by atoms with Crippen molar-refractivity contribution in [3.63, 3.8) is 0 Å². The van der Waals surface area contributed by atoms with Crippen LogP contribution in [0.25, 0.3) is 0 Å². The van der Waals surface area contributed by atoms with Crippen molar-refractivity contribution in [2.45, 2.75) is 0 Å². The third-order valence-electron chi connectivity index (χ3n) is 2.39. The minimum atomic E-state index is -0.577. The van der Waals surface area contributed by atoms with Crippen molar-refractivity contribution < 1.29 is 18.8 Å². The molecule has 0 unspecified atom stereocenters. The van der Waals surface area contributed by atoms with Crippen molar-refractivity contribution in [3.8, 4) is 0 Å². The monoisotopic (exact) mass is 288 g/mol. The highest BCUT2D eigenvalue weighted by Gasteiger charge is 2.11. The summed E-state index contributed by atoms with van der Waals surface area (Å²) in [5.41, 5.74) is 4.68. The number of pyridine rings is 1. The molecule has 0 aliphatic rings. The lowest BCUT2D eigenvalue weighted by atomic mass is 10.3. The summed E-state index contributed by atoms with van der Waals surface area (Å²) in [7, 11) is 0. The average Bonchev–Trinajstić information content (AvgIpc) is 3.05. The maximum atomic E-state index is 11.6. The summed E-state index contributed by atoms with van der Waals surface area (Å²) >= 11 is 0. The van der Waals surface area contributed by atoms with Gasteiger partial charge in [-0.2, -0.15) is 0 Å². The highest BCUT2D eigenvalue weighted by molar-refractivity contribution is 5.96. The fourth-order valence-electron chi connectivity index (χ4n) is 1.40. The number of nitrogens with one attached hydrogen (secondary N) is 3. The van der Waals surface area contributed by atoms with Crippen molar-refractivity contribution in [2.75, 3.05) is 6.54 Å². The number of furan rings is 1. The van der Waals surface area contributed by atoms with E-state index in [9.17, 15) is 14.4 Å². The van der Waals surface area contributed by atoms with Gasteiger partial charge in [-0.3, -0.25) is 30.2 Å². The van der Waals surface area contributed by atoms with Gasteiger partial charge in [0.2, 0.25) is 0 Å². The lowest BCUT2D eigenvalue weighted by molar-refractivity contribution is -0.120. The van der Waals surface area contributed by atoms with Crippen LogP contribution in [0.2, 0.25) is 0 Å². The van der Waals surface area contributed by atoms with Crippen molar-refractivity contribution in [2.24, 2.45) is 0 Å². The molecule has 0 aliphatic carbocycles. The Balaban J connectivity index is 1.73. The Labute approximate surface area is 119 Å². The van der Waals surface area contributed by atoms with Gasteiger partial charge in [0.15, 0.2) is 5.76 Å². The van der Waals surface area contributed by atoms with Gasteiger partial charge in [-0.25, -0.2) is 0 Å². The summed E-state index contributed by atoms with van der Waals surface area (Å²) in [6, 6.07) is 6.17. The molecule has 0 saturated heterocycles. The van der Waals surface area contributed by atoms with Gasteiger partial charge < -0.3 is 9.73 Å². The van der Waals surface area contributed by atoms with Gasteiger partial charge in [0.1, 0.15) is 0 Å². The summed E-state index contributed by atoms with van der Waals surface area (Å²) in [5, 5.41) is 2.34. The fourth-order valence-corrected chi connectivity index (χ4v) is 1.40. The summed E-state index contributed by atoms with van der Waals surface area (Å²) in [6.07, 6.45) is 4.24. The van der Waals surface area contributed by atoms with Gasteiger partial charge in [-0.1, -0.05) is 0 Å². The van der Waals surface area contributed by atoms with Gasteiger partial charge in [0.25, 0.3) is 17.7 Å². The molecule has 21 heavy (non-hydrogen) atoms. The van der Waals surface area contributed by atoms with E-state index < -0.39 is 17.7 Å². The molecule has 0 aromatic carbocycles. The lowest BCUT2D eigenvalue weighted by Crippen LogP contribution is -2.46. The van der Waals surface area contributed by atoms with Crippen LogP contribution in [0.4, 0.5) is 0 Å². The molecular formula is C13H12N4O4. The molecule has 0 fully saturated rings. The lowest BCUT2D eigenvalue weighted by Gasteiger charge is -2.07. The summed E-state index contributed by atoms with van der Waals surface area (Å²) in [5.74, 6) is -1.50. The third-order valence-corrected chi connectivity index (χ3v) is 2.39. The number of carbonyl (C=O) groups is 3. The quantitative estimate of drug-likeness (QED) is 0.678. The van der Waals surface area contributed by atoms with E-state index in [4.69, 9.17) is 4.42 Å². The first kappa shape index (κ1) is 14.3. The van der Waals surface area contributed by atoms with Crippen molar-refractivity contribution in [1.29, 1.82) is 0 Å². The Bertz CT molecular complexity index is 625. The van der Waals surface area contributed by atoms with E-state index >= 15 is 0 Å². The Morgan fingerprint density at radius 3 is 2.62 bits per heavy atom. The number of amides is 3. The molecule has 8 heteroatoms. The summed E-state index contributed by atoms with van der Waals surface area (Å²) in [6.45, 7) is -0.299. The first-order chi connectivity index (χ1) is 10.2. The van der Waals surface area contributed by atoms with E-state index in [2.05, 4.69) is 21.2 Å². The van der Waals surface area contributed by atoms with Crippen LogP contribution in [0.3, 0.4) is 0 Å². The minimum Gasteiger partial charge on any atom is -0.459 e. The highest BCUT2D eigenvalue weighted by Crippen LogP contribution is 1.98. The number of nitrogens with zero attached hydrogens (tertiary/aromatic N) is 1. The van der Waals surface area contributed by atoms with Crippen LogP contribution >= 0.6 is 0 Å². The molecule has 2 heterocycles. The number of hydrogen-bond acceptors (Lipinski definition) is 5. The Hall–Kier alpha value is -3.16. The van der Waals surface area contributed by atoms with Crippen LogP contribution in [-0.2, 0) is 4.79 Å². The number of rotatable bonds is 4. The van der Waals surface area contributed by atoms with E-state index in [0.29, 0.717) is 5.56 Å². The molecular weight excluding hydrogens is 276 g/mol. The zero-order valence-electron chi connectivity index (χ0n) is 10.8. The zero-order valence-corrected chi connectivity index (χ0v) is 10.8. The SMILES string of the molecule is O=C(CNC(=O)c1ccco1)NNC(=O)c1cccnc1. The van der Waals surface area contributed by atoms with Crippen LogP contribution in [0, 0.1) is 0 Å². The van der Waals surface area contributed by atoms with Crippen LogP contribution < -0.4 is 16.2 Å².